The van der Waals surface area contributed by atoms with E-state index >= 15 is 0 Å². The fourth-order valence-electron chi connectivity index (χ4n) is 2.26. The number of halogens is 2. The summed E-state index contributed by atoms with van der Waals surface area (Å²) in [6.07, 6.45) is 1.36. The minimum absolute atomic E-state index is 0.120. The van der Waals surface area contributed by atoms with Crippen LogP contribution >= 0.6 is 23.2 Å². The van der Waals surface area contributed by atoms with E-state index in [-0.39, 0.29) is 5.57 Å². The zero-order valence-corrected chi connectivity index (χ0v) is 14.4. The number of nitrogens with zero attached hydrogens (tertiary/aromatic N) is 1. The highest BCUT2D eigenvalue weighted by Gasteiger charge is 2.15. The monoisotopic (exact) mass is 374 g/mol. The smallest absolute Gasteiger partial charge is 0.266 e. The molecule has 0 aliphatic carbocycles. The molecule has 0 radical (unpaired) electrons. The molecule has 2 aromatic carbocycles. The van der Waals surface area contributed by atoms with Crippen molar-refractivity contribution >= 4 is 40.9 Å². The number of rotatable bonds is 3. The second kappa shape index (κ2) is 7.47. The van der Waals surface area contributed by atoms with Gasteiger partial charge in [-0.3, -0.25) is 4.79 Å². The number of nitriles is 1. The molecule has 1 N–H and O–H groups in total. The molecule has 1 amide bonds. The first-order chi connectivity index (χ1) is 12.1. The van der Waals surface area contributed by atoms with Gasteiger partial charge in [0.1, 0.15) is 24.9 Å². The molecule has 3 rings (SSSR count). The number of benzene rings is 2. The number of ether oxygens (including phenoxy) is 2. The molecular formula is C18H12Cl2N2O3. The van der Waals surface area contributed by atoms with Crippen LogP contribution in [0.2, 0.25) is 10.0 Å². The zero-order valence-electron chi connectivity index (χ0n) is 12.9. The normalized spacial score (nSPS) is 13.1. The van der Waals surface area contributed by atoms with Gasteiger partial charge in [0.15, 0.2) is 11.5 Å². The third-order valence-electron chi connectivity index (χ3n) is 3.45. The highest BCUT2D eigenvalue weighted by atomic mass is 35.5. The Hall–Kier alpha value is -2.68. The Balaban J connectivity index is 1.84. The van der Waals surface area contributed by atoms with Gasteiger partial charge in [0.2, 0.25) is 0 Å². The van der Waals surface area contributed by atoms with Crippen LogP contribution in [-0.4, -0.2) is 19.1 Å². The molecule has 126 valence electrons. The first-order valence-corrected chi connectivity index (χ1v) is 8.11. The summed E-state index contributed by atoms with van der Waals surface area (Å²) in [7, 11) is 0. The highest BCUT2D eigenvalue weighted by Crippen LogP contribution is 2.33. The number of anilines is 1. The summed E-state index contributed by atoms with van der Waals surface area (Å²) in [6.45, 7) is 0.928. The second-order valence-corrected chi connectivity index (χ2v) is 5.93. The summed E-state index contributed by atoms with van der Waals surface area (Å²) >= 11 is 12.1. The molecule has 5 nitrogen and oxygen atoms in total. The molecule has 0 aromatic heterocycles. The van der Waals surface area contributed by atoms with Crippen molar-refractivity contribution in [2.45, 2.75) is 0 Å². The number of hydrogen-bond donors (Lipinski definition) is 1. The molecule has 0 unspecified atom stereocenters. The highest BCUT2D eigenvalue weighted by molar-refractivity contribution is 6.37. The maximum atomic E-state index is 12.4. The fraction of sp³-hybridized carbons (Fsp3) is 0.111. The average Bonchev–Trinajstić information content (AvgIpc) is 2.61. The van der Waals surface area contributed by atoms with Crippen LogP contribution in [-0.2, 0) is 4.79 Å². The lowest BCUT2D eigenvalue weighted by Gasteiger charge is -2.18. The quantitative estimate of drug-likeness (QED) is 0.641. The van der Waals surface area contributed by atoms with E-state index < -0.39 is 5.91 Å². The summed E-state index contributed by atoms with van der Waals surface area (Å²) in [5, 5.41) is 12.7. The van der Waals surface area contributed by atoms with Gasteiger partial charge in [-0.05, 0) is 30.3 Å². The van der Waals surface area contributed by atoms with Gasteiger partial charge in [-0.1, -0.05) is 29.3 Å². The summed E-state index contributed by atoms with van der Waals surface area (Å²) < 4.78 is 10.9. The SMILES string of the molecule is N#C/C(=C\c1c(Cl)cccc1Cl)C(=O)Nc1ccc2c(c1)OCCO2. The van der Waals surface area contributed by atoms with Crippen molar-refractivity contribution in [3.8, 4) is 17.6 Å². The molecule has 1 heterocycles. The van der Waals surface area contributed by atoms with Crippen molar-refractivity contribution in [3.63, 3.8) is 0 Å². The predicted molar refractivity (Wildman–Crippen MR) is 96.1 cm³/mol. The van der Waals surface area contributed by atoms with Gasteiger partial charge >= 0.3 is 0 Å². The van der Waals surface area contributed by atoms with Gasteiger partial charge in [0.05, 0.1) is 0 Å². The Morgan fingerprint density at radius 1 is 1.12 bits per heavy atom. The van der Waals surface area contributed by atoms with Crippen molar-refractivity contribution in [1.82, 2.24) is 0 Å². The van der Waals surface area contributed by atoms with Crippen molar-refractivity contribution in [3.05, 3.63) is 57.6 Å². The second-order valence-electron chi connectivity index (χ2n) is 5.12. The van der Waals surface area contributed by atoms with E-state index in [1.165, 1.54) is 6.08 Å². The minimum atomic E-state index is -0.574. The first-order valence-electron chi connectivity index (χ1n) is 7.35. The predicted octanol–water partition coefficient (Wildman–Crippen LogP) is 4.31. The molecule has 0 atom stereocenters. The van der Waals surface area contributed by atoms with Crippen LogP contribution < -0.4 is 14.8 Å². The molecule has 7 heteroatoms. The number of carbonyl (C=O) groups excluding carboxylic acids is 1. The Morgan fingerprint density at radius 2 is 1.80 bits per heavy atom. The lowest BCUT2D eigenvalue weighted by molar-refractivity contribution is -0.112. The summed E-state index contributed by atoms with van der Waals surface area (Å²) in [4.78, 5) is 12.4. The molecule has 0 saturated heterocycles. The van der Waals surface area contributed by atoms with Crippen LogP contribution in [0.3, 0.4) is 0 Å². The van der Waals surface area contributed by atoms with E-state index in [9.17, 15) is 10.1 Å². The zero-order chi connectivity index (χ0) is 17.8. The average molecular weight is 375 g/mol. The molecule has 2 aromatic rings. The molecule has 25 heavy (non-hydrogen) atoms. The number of amides is 1. The lowest BCUT2D eigenvalue weighted by atomic mass is 10.1. The third-order valence-corrected chi connectivity index (χ3v) is 4.11. The maximum absolute atomic E-state index is 12.4. The number of carbonyl (C=O) groups is 1. The fourth-order valence-corrected chi connectivity index (χ4v) is 2.77. The molecular weight excluding hydrogens is 363 g/mol. The van der Waals surface area contributed by atoms with Crippen LogP contribution in [0.25, 0.3) is 6.08 Å². The van der Waals surface area contributed by atoms with Crippen LogP contribution in [0.15, 0.2) is 42.0 Å². The van der Waals surface area contributed by atoms with Gasteiger partial charge in [-0.2, -0.15) is 5.26 Å². The Kier molecular flexibility index (Phi) is 5.13. The van der Waals surface area contributed by atoms with E-state index in [0.29, 0.717) is 46.0 Å². The summed E-state index contributed by atoms with van der Waals surface area (Å²) in [5.41, 5.74) is 0.783. The van der Waals surface area contributed by atoms with Gasteiger partial charge in [-0.25, -0.2) is 0 Å². The molecule has 0 bridgehead atoms. The largest absolute Gasteiger partial charge is 0.486 e. The minimum Gasteiger partial charge on any atom is -0.486 e. The van der Waals surface area contributed by atoms with Crippen LogP contribution in [0.4, 0.5) is 5.69 Å². The van der Waals surface area contributed by atoms with Gasteiger partial charge < -0.3 is 14.8 Å². The standard InChI is InChI=1S/C18H12Cl2N2O3/c19-14-2-1-3-15(20)13(14)8-11(10-21)18(23)22-12-4-5-16-17(9-12)25-7-6-24-16/h1-5,8-9H,6-7H2,(H,22,23)/b11-8+. The topological polar surface area (TPSA) is 71.4 Å². The molecule has 0 saturated carbocycles. The number of hydrogen-bond acceptors (Lipinski definition) is 4. The Labute approximate surface area is 154 Å². The molecule has 1 aliphatic heterocycles. The van der Waals surface area contributed by atoms with E-state index in [2.05, 4.69) is 5.32 Å². The first kappa shape index (κ1) is 17.2. The van der Waals surface area contributed by atoms with E-state index in [1.54, 1.807) is 36.4 Å². The van der Waals surface area contributed by atoms with Gasteiger partial charge in [0, 0.05) is 27.4 Å². The van der Waals surface area contributed by atoms with Crippen molar-refractivity contribution in [2.24, 2.45) is 0 Å². The molecule has 0 spiro atoms. The van der Waals surface area contributed by atoms with Crippen LogP contribution in [0.5, 0.6) is 11.5 Å². The third kappa shape index (κ3) is 3.87. The van der Waals surface area contributed by atoms with Crippen molar-refractivity contribution < 1.29 is 14.3 Å². The van der Waals surface area contributed by atoms with Crippen LogP contribution in [0.1, 0.15) is 5.56 Å². The van der Waals surface area contributed by atoms with E-state index in [4.69, 9.17) is 32.7 Å². The maximum Gasteiger partial charge on any atom is 0.266 e. The van der Waals surface area contributed by atoms with Gasteiger partial charge in [-0.15, -0.1) is 0 Å². The van der Waals surface area contributed by atoms with Crippen molar-refractivity contribution in [2.75, 3.05) is 18.5 Å². The van der Waals surface area contributed by atoms with Crippen molar-refractivity contribution in [1.29, 1.82) is 5.26 Å². The Morgan fingerprint density at radius 3 is 2.48 bits per heavy atom. The summed E-state index contributed by atoms with van der Waals surface area (Å²) in [5.74, 6) is 0.582. The van der Waals surface area contributed by atoms with E-state index in [0.717, 1.165) is 0 Å². The number of nitrogens with one attached hydrogen (secondary N) is 1. The molecule has 1 aliphatic rings. The molecule has 0 fully saturated rings. The van der Waals surface area contributed by atoms with E-state index in [1.807, 2.05) is 6.07 Å². The summed E-state index contributed by atoms with van der Waals surface area (Å²) in [6, 6.07) is 11.8. The Bertz CT molecular complexity index is 883. The number of fused-ring (bicyclic) bond motifs is 1. The lowest BCUT2D eigenvalue weighted by Crippen LogP contribution is -2.17. The van der Waals surface area contributed by atoms with Gasteiger partial charge in [0.25, 0.3) is 5.91 Å². The van der Waals surface area contributed by atoms with Crippen LogP contribution in [0, 0.1) is 11.3 Å².